The molecule has 2 heterocycles. The SMILES string of the molecule is O=Cc1ccc2c3c1CCC(=O)N3CCC2. The normalized spacial score (nSPS) is 18.2. The number of aldehydes is 1. The van der Waals surface area contributed by atoms with Crippen LogP contribution < -0.4 is 4.90 Å². The van der Waals surface area contributed by atoms with Crippen molar-refractivity contribution < 1.29 is 9.59 Å². The number of nitrogens with zero attached hydrogens (tertiary/aromatic N) is 1. The van der Waals surface area contributed by atoms with E-state index >= 15 is 0 Å². The molecule has 3 rings (SSSR count). The van der Waals surface area contributed by atoms with Crippen LogP contribution in [0.5, 0.6) is 0 Å². The van der Waals surface area contributed by atoms with Crippen molar-refractivity contribution in [1.29, 1.82) is 0 Å². The Morgan fingerprint density at radius 1 is 1.19 bits per heavy atom. The van der Waals surface area contributed by atoms with Crippen molar-refractivity contribution in [2.24, 2.45) is 0 Å². The summed E-state index contributed by atoms with van der Waals surface area (Å²) in [6.45, 7) is 0.807. The molecule has 16 heavy (non-hydrogen) atoms. The van der Waals surface area contributed by atoms with Gasteiger partial charge in [0.15, 0.2) is 0 Å². The van der Waals surface area contributed by atoms with Gasteiger partial charge in [0.2, 0.25) is 5.91 Å². The molecule has 1 amide bonds. The molecule has 2 aliphatic heterocycles. The van der Waals surface area contributed by atoms with E-state index in [-0.39, 0.29) is 5.91 Å². The lowest BCUT2D eigenvalue weighted by Gasteiger charge is -2.35. The van der Waals surface area contributed by atoms with E-state index in [2.05, 4.69) is 0 Å². The number of carbonyl (C=O) groups is 2. The molecule has 1 aromatic carbocycles. The van der Waals surface area contributed by atoms with Gasteiger partial charge in [-0.2, -0.15) is 0 Å². The summed E-state index contributed by atoms with van der Waals surface area (Å²) >= 11 is 0. The number of amides is 1. The van der Waals surface area contributed by atoms with Gasteiger partial charge in [0.05, 0.1) is 5.69 Å². The van der Waals surface area contributed by atoms with Gasteiger partial charge in [-0.15, -0.1) is 0 Å². The highest BCUT2D eigenvalue weighted by Crippen LogP contribution is 2.36. The zero-order valence-corrected chi connectivity index (χ0v) is 9.03. The van der Waals surface area contributed by atoms with E-state index in [0.29, 0.717) is 12.8 Å². The Bertz CT molecular complexity index is 479. The average Bonchev–Trinajstić information content (AvgIpc) is 2.34. The second-order valence-corrected chi connectivity index (χ2v) is 4.41. The smallest absolute Gasteiger partial charge is 0.227 e. The van der Waals surface area contributed by atoms with Crippen LogP contribution in [0, 0.1) is 0 Å². The third-order valence-electron chi connectivity index (χ3n) is 3.52. The highest BCUT2D eigenvalue weighted by molar-refractivity contribution is 5.99. The largest absolute Gasteiger partial charge is 0.312 e. The molecule has 0 unspecified atom stereocenters. The minimum Gasteiger partial charge on any atom is -0.312 e. The molecule has 82 valence electrons. The molecule has 0 saturated carbocycles. The lowest BCUT2D eigenvalue weighted by molar-refractivity contribution is -0.119. The van der Waals surface area contributed by atoms with Crippen LogP contribution in [-0.4, -0.2) is 18.7 Å². The fraction of sp³-hybridized carbons (Fsp3) is 0.385. The van der Waals surface area contributed by atoms with Gasteiger partial charge in [0, 0.05) is 18.5 Å². The van der Waals surface area contributed by atoms with E-state index in [4.69, 9.17) is 0 Å². The van der Waals surface area contributed by atoms with Gasteiger partial charge in [-0.3, -0.25) is 9.59 Å². The van der Waals surface area contributed by atoms with Crippen molar-refractivity contribution in [3.8, 4) is 0 Å². The topological polar surface area (TPSA) is 37.4 Å². The van der Waals surface area contributed by atoms with Crippen molar-refractivity contribution in [1.82, 2.24) is 0 Å². The first-order valence-electron chi connectivity index (χ1n) is 5.71. The van der Waals surface area contributed by atoms with Gasteiger partial charge in [-0.05, 0) is 30.4 Å². The molecular formula is C13H13NO2. The van der Waals surface area contributed by atoms with Crippen LogP contribution in [0.2, 0.25) is 0 Å². The molecule has 0 saturated heterocycles. The summed E-state index contributed by atoms with van der Waals surface area (Å²) in [5, 5.41) is 0. The van der Waals surface area contributed by atoms with Gasteiger partial charge in [-0.1, -0.05) is 12.1 Å². The van der Waals surface area contributed by atoms with E-state index in [9.17, 15) is 9.59 Å². The number of carbonyl (C=O) groups excluding carboxylic acids is 2. The first kappa shape index (κ1) is 9.58. The number of rotatable bonds is 1. The highest BCUT2D eigenvalue weighted by Gasteiger charge is 2.30. The number of hydrogen-bond donors (Lipinski definition) is 0. The van der Waals surface area contributed by atoms with Crippen molar-refractivity contribution in [2.45, 2.75) is 25.7 Å². The van der Waals surface area contributed by atoms with Crippen molar-refractivity contribution in [3.05, 3.63) is 28.8 Å². The predicted molar refractivity (Wildman–Crippen MR) is 60.8 cm³/mol. The summed E-state index contributed by atoms with van der Waals surface area (Å²) in [6, 6.07) is 3.88. The molecule has 0 atom stereocenters. The summed E-state index contributed by atoms with van der Waals surface area (Å²) in [5.41, 5.74) is 4.08. The van der Waals surface area contributed by atoms with Gasteiger partial charge < -0.3 is 4.90 Å². The van der Waals surface area contributed by atoms with Crippen LogP contribution in [0.3, 0.4) is 0 Å². The molecule has 0 spiro atoms. The van der Waals surface area contributed by atoms with Crippen LogP contribution in [0.15, 0.2) is 12.1 Å². The van der Waals surface area contributed by atoms with Gasteiger partial charge in [-0.25, -0.2) is 0 Å². The van der Waals surface area contributed by atoms with Crippen LogP contribution >= 0.6 is 0 Å². The van der Waals surface area contributed by atoms with Crippen molar-refractivity contribution >= 4 is 17.9 Å². The van der Waals surface area contributed by atoms with E-state index in [1.54, 1.807) is 0 Å². The maximum atomic E-state index is 11.8. The zero-order chi connectivity index (χ0) is 11.1. The third kappa shape index (κ3) is 1.21. The Morgan fingerprint density at radius 3 is 2.88 bits per heavy atom. The standard InChI is InChI=1S/C13H13NO2/c15-8-10-4-3-9-2-1-7-14-12(16)6-5-11(10)13(9)14/h3-4,8H,1-2,5-7H2. The molecule has 3 heteroatoms. The number of benzene rings is 1. The minimum absolute atomic E-state index is 0.205. The molecule has 0 aromatic heterocycles. The molecular weight excluding hydrogens is 202 g/mol. The third-order valence-corrected chi connectivity index (χ3v) is 3.52. The Hall–Kier alpha value is -1.64. The maximum Gasteiger partial charge on any atom is 0.227 e. The maximum absolute atomic E-state index is 11.8. The van der Waals surface area contributed by atoms with Gasteiger partial charge in [0.1, 0.15) is 6.29 Å². The zero-order valence-electron chi connectivity index (χ0n) is 9.03. The highest BCUT2D eigenvalue weighted by atomic mass is 16.2. The van der Waals surface area contributed by atoms with Crippen molar-refractivity contribution in [2.75, 3.05) is 11.4 Å². The van der Waals surface area contributed by atoms with Crippen LogP contribution in [0.25, 0.3) is 0 Å². The lowest BCUT2D eigenvalue weighted by atomic mass is 9.89. The Labute approximate surface area is 94.1 Å². The molecule has 3 nitrogen and oxygen atoms in total. The van der Waals surface area contributed by atoms with Crippen LogP contribution in [-0.2, 0) is 17.6 Å². The minimum atomic E-state index is 0.205. The summed E-state index contributed by atoms with van der Waals surface area (Å²) in [4.78, 5) is 24.7. The number of anilines is 1. The Morgan fingerprint density at radius 2 is 2.06 bits per heavy atom. The first-order valence-corrected chi connectivity index (χ1v) is 5.71. The second kappa shape index (κ2) is 3.44. The second-order valence-electron chi connectivity index (χ2n) is 4.41. The first-order chi connectivity index (χ1) is 7.81. The summed E-state index contributed by atoms with van der Waals surface area (Å²) in [7, 11) is 0. The van der Waals surface area contributed by atoms with E-state index in [1.807, 2.05) is 17.0 Å². The molecule has 0 bridgehead atoms. The van der Waals surface area contributed by atoms with Crippen molar-refractivity contribution in [3.63, 3.8) is 0 Å². The Balaban J connectivity index is 2.25. The van der Waals surface area contributed by atoms with E-state index in [1.165, 1.54) is 5.56 Å². The predicted octanol–water partition coefficient (Wildman–Crippen LogP) is 1.72. The van der Waals surface area contributed by atoms with Gasteiger partial charge in [0.25, 0.3) is 0 Å². The fourth-order valence-corrected chi connectivity index (χ4v) is 2.77. The van der Waals surface area contributed by atoms with E-state index < -0.39 is 0 Å². The number of hydrogen-bond acceptors (Lipinski definition) is 2. The summed E-state index contributed by atoms with van der Waals surface area (Å²) in [5.74, 6) is 0.205. The quantitative estimate of drug-likeness (QED) is 0.669. The molecule has 1 aromatic rings. The molecule has 0 radical (unpaired) electrons. The lowest BCUT2D eigenvalue weighted by Crippen LogP contribution is -2.39. The average molecular weight is 215 g/mol. The van der Waals surface area contributed by atoms with Crippen LogP contribution in [0.4, 0.5) is 5.69 Å². The molecule has 0 fully saturated rings. The monoisotopic (exact) mass is 215 g/mol. The van der Waals surface area contributed by atoms with Gasteiger partial charge >= 0.3 is 0 Å². The van der Waals surface area contributed by atoms with E-state index in [0.717, 1.165) is 42.5 Å². The summed E-state index contributed by atoms with van der Waals surface area (Å²) in [6.07, 6.45) is 4.20. The molecule has 2 aliphatic rings. The molecule has 0 N–H and O–H groups in total. The Kier molecular flexibility index (Phi) is 2.06. The van der Waals surface area contributed by atoms with Crippen LogP contribution in [0.1, 0.15) is 34.3 Å². The summed E-state index contributed by atoms with van der Waals surface area (Å²) < 4.78 is 0. The molecule has 0 aliphatic carbocycles. The number of aryl methyl sites for hydroxylation is 1. The fourth-order valence-electron chi connectivity index (χ4n) is 2.77.